The summed E-state index contributed by atoms with van der Waals surface area (Å²) in [6.45, 7) is 0. The molecule has 10 nitrogen and oxygen atoms in total. The third-order valence-corrected chi connectivity index (χ3v) is 6.43. The number of anilines is 1. The Hall–Kier alpha value is -3.96. The Bertz CT molecular complexity index is 1480. The molecule has 1 amide bonds. The molecule has 0 spiro atoms. The summed E-state index contributed by atoms with van der Waals surface area (Å²) in [5.74, 6) is -0.929. The fourth-order valence-corrected chi connectivity index (χ4v) is 4.55. The molecule has 0 saturated carbocycles. The number of nitrogens with one attached hydrogen (secondary N) is 1. The van der Waals surface area contributed by atoms with E-state index >= 15 is 0 Å². The highest BCUT2D eigenvalue weighted by atomic mass is 127. The number of nitrogens with zero attached hydrogens (tertiary/aromatic N) is 2. The van der Waals surface area contributed by atoms with E-state index in [1.165, 1.54) is 43.5 Å². The first kappa shape index (κ1) is 25.7. The lowest BCUT2D eigenvalue weighted by molar-refractivity contribution is -0.387. The Kier molecular flexibility index (Phi) is 8.05. The molecule has 0 atom stereocenters. The van der Waals surface area contributed by atoms with Crippen LogP contribution in [-0.4, -0.2) is 26.4 Å². The summed E-state index contributed by atoms with van der Waals surface area (Å²) in [6, 6.07) is 17.6. The van der Waals surface area contributed by atoms with Gasteiger partial charge >= 0.3 is 10.1 Å². The predicted molar refractivity (Wildman–Crippen MR) is 135 cm³/mol. The molecule has 0 aromatic heterocycles. The number of nitro benzene ring substituents is 1. The number of benzene rings is 3. The van der Waals surface area contributed by atoms with Crippen molar-refractivity contribution in [1.29, 1.82) is 5.26 Å². The lowest BCUT2D eigenvalue weighted by Crippen LogP contribution is -2.13. The summed E-state index contributed by atoms with van der Waals surface area (Å²) in [4.78, 5) is 22.3. The number of nitriles is 1. The molecule has 0 aliphatic heterocycles. The van der Waals surface area contributed by atoms with Crippen LogP contribution in [0.5, 0.6) is 11.5 Å². The number of carbonyl (C=O) groups is 1. The second kappa shape index (κ2) is 11.0. The van der Waals surface area contributed by atoms with Crippen LogP contribution >= 0.6 is 22.6 Å². The molecule has 0 aliphatic carbocycles. The van der Waals surface area contributed by atoms with Crippen LogP contribution in [0.15, 0.2) is 77.2 Å². The standard InChI is InChI=1S/C23H16IN3O7S/c1-33-20-10-9-15(11-16(14-25)23(28)26-18-6-4-5-17(24)13-18)12-21(20)34-35(31,32)22-8-3-2-7-19(22)27(29)30/h2-13H,1H3,(H,26,28)/b16-11+. The topological polar surface area (TPSA) is 149 Å². The van der Waals surface area contributed by atoms with Crippen molar-refractivity contribution in [1.82, 2.24) is 0 Å². The second-order valence-corrected chi connectivity index (χ2v) is 9.57. The molecule has 3 rings (SSSR count). The summed E-state index contributed by atoms with van der Waals surface area (Å²) in [5, 5.41) is 23.3. The zero-order valence-corrected chi connectivity index (χ0v) is 20.9. The molecule has 0 heterocycles. The summed E-state index contributed by atoms with van der Waals surface area (Å²) in [5.41, 5.74) is -0.145. The van der Waals surface area contributed by atoms with E-state index in [-0.39, 0.29) is 22.6 Å². The van der Waals surface area contributed by atoms with Gasteiger partial charge in [0.25, 0.3) is 11.6 Å². The van der Waals surface area contributed by atoms with E-state index in [2.05, 4.69) is 27.9 Å². The van der Waals surface area contributed by atoms with Crippen molar-refractivity contribution in [2.45, 2.75) is 4.90 Å². The predicted octanol–water partition coefficient (Wildman–Crippen LogP) is 4.52. The molecular formula is C23H16IN3O7S. The summed E-state index contributed by atoms with van der Waals surface area (Å²) in [7, 11) is -3.34. The molecule has 1 N–H and O–H groups in total. The minimum absolute atomic E-state index is 0.0196. The molecule has 0 radical (unpaired) electrons. The summed E-state index contributed by atoms with van der Waals surface area (Å²) < 4.78 is 36.8. The molecular weight excluding hydrogens is 589 g/mol. The normalized spacial score (nSPS) is 11.3. The van der Waals surface area contributed by atoms with Crippen LogP contribution in [0.1, 0.15) is 5.56 Å². The first-order chi connectivity index (χ1) is 16.6. The fourth-order valence-electron chi connectivity index (χ4n) is 2.91. The molecule has 35 heavy (non-hydrogen) atoms. The molecule has 12 heteroatoms. The molecule has 0 unspecified atom stereocenters. The van der Waals surface area contributed by atoms with Gasteiger partial charge in [-0.25, -0.2) is 0 Å². The number of carbonyl (C=O) groups excluding carboxylic acids is 1. The maximum atomic E-state index is 12.8. The van der Waals surface area contributed by atoms with E-state index in [1.54, 1.807) is 18.2 Å². The third kappa shape index (κ3) is 6.34. The fraction of sp³-hybridized carbons (Fsp3) is 0.0435. The quantitative estimate of drug-likeness (QED) is 0.0984. The largest absolute Gasteiger partial charge is 0.493 e. The molecule has 0 aliphatic rings. The average Bonchev–Trinajstić information content (AvgIpc) is 2.82. The van der Waals surface area contributed by atoms with Crippen LogP contribution in [0, 0.1) is 25.0 Å². The molecule has 3 aromatic rings. The SMILES string of the molecule is COc1ccc(/C=C(\C#N)C(=O)Nc2cccc(I)c2)cc1OS(=O)(=O)c1ccccc1[N+](=O)[O-]. The highest BCUT2D eigenvalue weighted by Crippen LogP contribution is 2.33. The zero-order valence-electron chi connectivity index (χ0n) is 18.0. The maximum absolute atomic E-state index is 12.8. The van der Waals surface area contributed by atoms with E-state index in [4.69, 9.17) is 8.92 Å². The Morgan fingerprint density at radius 3 is 2.51 bits per heavy atom. The van der Waals surface area contributed by atoms with Gasteiger partial charge in [0.2, 0.25) is 0 Å². The third-order valence-electron chi connectivity index (χ3n) is 4.48. The summed E-state index contributed by atoms with van der Waals surface area (Å²) >= 11 is 2.08. The van der Waals surface area contributed by atoms with Gasteiger partial charge in [0.05, 0.1) is 12.0 Å². The lowest BCUT2D eigenvalue weighted by Gasteiger charge is -2.12. The minimum Gasteiger partial charge on any atom is -0.493 e. The first-order valence-electron chi connectivity index (χ1n) is 9.69. The van der Waals surface area contributed by atoms with Crippen LogP contribution in [0.25, 0.3) is 6.08 Å². The Balaban J connectivity index is 1.95. The van der Waals surface area contributed by atoms with Gasteiger partial charge in [-0.2, -0.15) is 13.7 Å². The number of methoxy groups -OCH3 is 1. The smallest absolute Gasteiger partial charge is 0.346 e. The Morgan fingerprint density at radius 1 is 1.11 bits per heavy atom. The van der Waals surface area contributed by atoms with Crippen LogP contribution in [0.3, 0.4) is 0 Å². The average molecular weight is 605 g/mol. The van der Waals surface area contributed by atoms with Gasteiger partial charge in [-0.05, 0) is 70.6 Å². The monoisotopic (exact) mass is 605 g/mol. The van der Waals surface area contributed by atoms with E-state index in [9.17, 15) is 28.6 Å². The lowest BCUT2D eigenvalue weighted by atomic mass is 10.1. The molecule has 0 saturated heterocycles. The molecule has 178 valence electrons. The van der Waals surface area contributed by atoms with Crippen molar-refractivity contribution in [2.75, 3.05) is 12.4 Å². The number of hydrogen-bond acceptors (Lipinski definition) is 8. The molecule has 0 bridgehead atoms. The number of amides is 1. The van der Waals surface area contributed by atoms with Crippen LogP contribution < -0.4 is 14.2 Å². The van der Waals surface area contributed by atoms with Gasteiger partial charge in [0, 0.05) is 15.3 Å². The van der Waals surface area contributed by atoms with Gasteiger partial charge < -0.3 is 14.2 Å². The number of para-hydroxylation sites is 1. The van der Waals surface area contributed by atoms with Gasteiger partial charge in [0.15, 0.2) is 16.4 Å². The van der Waals surface area contributed by atoms with Gasteiger partial charge in [-0.15, -0.1) is 0 Å². The first-order valence-corrected chi connectivity index (χ1v) is 12.2. The number of halogens is 1. The molecule has 3 aromatic carbocycles. The van der Waals surface area contributed by atoms with E-state index in [0.29, 0.717) is 5.69 Å². The highest BCUT2D eigenvalue weighted by Gasteiger charge is 2.28. The van der Waals surface area contributed by atoms with E-state index in [1.807, 2.05) is 12.1 Å². The van der Waals surface area contributed by atoms with Crippen molar-refractivity contribution in [3.63, 3.8) is 0 Å². The maximum Gasteiger partial charge on any atom is 0.346 e. The number of nitro groups is 1. The van der Waals surface area contributed by atoms with Crippen molar-refractivity contribution < 1.29 is 27.1 Å². The van der Waals surface area contributed by atoms with E-state index in [0.717, 1.165) is 15.7 Å². The van der Waals surface area contributed by atoms with Gasteiger partial charge in [0.1, 0.15) is 11.6 Å². The van der Waals surface area contributed by atoms with Crippen molar-refractivity contribution in [3.8, 4) is 17.6 Å². The van der Waals surface area contributed by atoms with Crippen molar-refractivity contribution in [2.24, 2.45) is 0 Å². The van der Waals surface area contributed by atoms with Crippen LogP contribution in [0.4, 0.5) is 11.4 Å². The van der Waals surface area contributed by atoms with Crippen molar-refractivity contribution >= 4 is 56.1 Å². The van der Waals surface area contributed by atoms with E-state index < -0.39 is 31.5 Å². The second-order valence-electron chi connectivity index (χ2n) is 6.81. The zero-order chi connectivity index (χ0) is 25.6. The number of ether oxygens (including phenoxy) is 1. The summed E-state index contributed by atoms with van der Waals surface area (Å²) in [6.07, 6.45) is 1.24. The highest BCUT2D eigenvalue weighted by molar-refractivity contribution is 14.1. The number of hydrogen-bond donors (Lipinski definition) is 1. The Morgan fingerprint density at radius 2 is 1.86 bits per heavy atom. The Labute approximate surface area is 214 Å². The number of rotatable bonds is 8. The van der Waals surface area contributed by atoms with Gasteiger partial charge in [-0.1, -0.05) is 24.3 Å². The van der Waals surface area contributed by atoms with Crippen molar-refractivity contribution in [3.05, 3.63) is 91.6 Å². The van der Waals surface area contributed by atoms with Crippen LogP contribution in [0.2, 0.25) is 0 Å². The van der Waals surface area contributed by atoms with Crippen LogP contribution in [-0.2, 0) is 14.9 Å². The molecule has 0 fully saturated rings. The minimum atomic E-state index is -4.62. The van der Waals surface area contributed by atoms with Gasteiger partial charge in [-0.3, -0.25) is 14.9 Å².